The number of anilines is 1. The Labute approximate surface area is 108 Å². The lowest BCUT2D eigenvalue weighted by atomic mass is 9.94. The standard InChI is InChI=1S/C13H20N4O/c1-9-15-12(7-13(14-3)16-9)11-5-4-6-17(8-11)10(2)18/h7,11H,4-6,8H2,1-3H3,(H,14,15,16)/t11-/m1/s1. The van der Waals surface area contributed by atoms with Crippen molar-refractivity contribution in [3.05, 3.63) is 17.6 Å². The topological polar surface area (TPSA) is 58.1 Å². The SMILES string of the molecule is CNc1cc([C@@H]2CCCN(C(C)=O)C2)nc(C)n1. The third kappa shape index (κ3) is 2.78. The number of nitrogens with one attached hydrogen (secondary N) is 1. The zero-order valence-corrected chi connectivity index (χ0v) is 11.2. The van der Waals surface area contributed by atoms with E-state index in [1.54, 1.807) is 6.92 Å². The van der Waals surface area contributed by atoms with Crippen LogP contribution in [0.5, 0.6) is 0 Å². The van der Waals surface area contributed by atoms with E-state index in [0.717, 1.165) is 43.3 Å². The maximum Gasteiger partial charge on any atom is 0.219 e. The van der Waals surface area contributed by atoms with Gasteiger partial charge in [-0.15, -0.1) is 0 Å². The number of piperidine rings is 1. The van der Waals surface area contributed by atoms with E-state index in [4.69, 9.17) is 0 Å². The van der Waals surface area contributed by atoms with Crippen LogP contribution < -0.4 is 5.32 Å². The molecule has 1 aliphatic heterocycles. The Morgan fingerprint density at radius 2 is 2.28 bits per heavy atom. The molecule has 0 unspecified atom stereocenters. The van der Waals surface area contributed by atoms with Gasteiger partial charge in [-0.25, -0.2) is 9.97 Å². The third-order valence-electron chi connectivity index (χ3n) is 3.40. The first-order valence-corrected chi connectivity index (χ1v) is 6.39. The zero-order valence-electron chi connectivity index (χ0n) is 11.2. The van der Waals surface area contributed by atoms with Gasteiger partial charge in [-0.3, -0.25) is 4.79 Å². The Morgan fingerprint density at radius 1 is 1.50 bits per heavy atom. The molecule has 1 aliphatic rings. The minimum atomic E-state index is 0.152. The summed E-state index contributed by atoms with van der Waals surface area (Å²) in [4.78, 5) is 22.2. The molecule has 1 atom stereocenters. The maximum absolute atomic E-state index is 11.4. The fraction of sp³-hybridized carbons (Fsp3) is 0.615. The number of hydrogen-bond donors (Lipinski definition) is 1. The molecule has 5 heteroatoms. The van der Waals surface area contributed by atoms with Gasteiger partial charge in [-0.2, -0.15) is 0 Å². The Morgan fingerprint density at radius 3 is 2.94 bits per heavy atom. The molecule has 0 radical (unpaired) electrons. The molecule has 0 aromatic carbocycles. The summed E-state index contributed by atoms with van der Waals surface area (Å²) in [6.07, 6.45) is 2.13. The molecule has 1 fully saturated rings. The maximum atomic E-state index is 11.4. The molecule has 0 saturated carbocycles. The molecule has 5 nitrogen and oxygen atoms in total. The summed E-state index contributed by atoms with van der Waals surface area (Å²) in [5.74, 6) is 2.10. The van der Waals surface area contributed by atoms with Crippen LogP contribution in [0.1, 0.15) is 37.2 Å². The fourth-order valence-electron chi connectivity index (χ4n) is 2.43. The van der Waals surface area contributed by atoms with E-state index < -0.39 is 0 Å². The van der Waals surface area contributed by atoms with E-state index in [9.17, 15) is 4.79 Å². The van der Waals surface area contributed by atoms with Crippen molar-refractivity contribution in [2.45, 2.75) is 32.6 Å². The molecule has 18 heavy (non-hydrogen) atoms. The highest BCUT2D eigenvalue weighted by Gasteiger charge is 2.24. The number of likely N-dealkylation sites (tertiary alicyclic amines) is 1. The fourth-order valence-corrected chi connectivity index (χ4v) is 2.43. The normalized spacial score (nSPS) is 19.7. The highest BCUT2D eigenvalue weighted by molar-refractivity contribution is 5.73. The second-order valence-electron chi connectivity index (χ2n) is 4.78. The highest BCUT2D eigenvalue weighted by atomic mass is 16.2. The largest absolute Gasteiger partial charge is 0.373 e. The van der Waals surface area contributed by atoms with E-state index in [0.29, 0.717) is 5.92 Å². The minimum Gasteiger partial charge on any atom is -0.373 e. The summed E-state index contributed by atoms with van der Waals surface area (Å²) in [6.45, 7) is 5.17. The first-order valence-electron chi connectivity index (χ1n) is 6.39. The number of carbonyl (C=O) groups excluding carboxylic acids is 1. The summed E-state index contributed by atoms with van der Waals surface area (Å²) >= 11 is 0. The summed E-state index contributed by atoms with van der Waals surface area (Å²) in [5.41, 5.74) is 1.04. The van der Waals surface area contributed by atoms with Gasteiger partial charge in [0.15, 0.2) is 0 Å². The Bertz CT molecular complexity index is 447. The highest BCUT2D eigenvalue weighted by Crippen LogP contribution is 2.26. The van der Waals surface area contributed by atoms with Crippen LogP contribution in [0, 0.1) is 6.92 Å². The van der Waals surface area contributed by atoms with Crippen molar-refractivity contribution in [3.8, 4) is 0 Å². The van der Waals surface area contributed by atoms with E-state index in [2.05, 4.69) is 15.3 Å². The van der Waals surface area contributed by atoms with Crippen molar-refractivity contribution in [1.82, 2.24) is 14.9 Å². The number of aryl methyl sites for hydroxylation is 1. The molecule has 1 aromatic rings. The second-order valence-corrected chi connectivity index (χ2v) is 4.78. The zero-order chi connectivity index (χ0) is 13.1. The second kappa shape index (κ2) is 5.33. The van der Waals surface area contributed by atoms with Crippen LogP contribution in [-0.4, -0.2) is 40.9 Å². The molecular formula is C13H20N4O. The van der Waals surface area contributed by atoms with Gasteiger partial charge in [0.05, 0.1) is 5.69 Å². The van der Waals surface area contributed by atoms with Crippen molar-refractivity contribution in [3.63, 3.8) is 0 Å². The first kappa shape index (κ1) is 12.8. The van der Waals surface area contributed by atoms with Gasteiger partial charge in [0.25, 0.3) is 0 Å². The molecular weight excluding hydrogens is 228 g/mol. The smallest absolute Gasteiger partial charge is 0.219 e. The number of carbonyl (C=O) groups is 1. The van der Waals surface area contributed by atoms with Gasteiger partial charge in [0.2, 0.25) is 5.91 Å². The van der Waals surface area contributed by atoms with Crippen LogP contribution in [0.3, 0.4) is 0 Å². The van der Waals surface area contributed by atoms with Gasteiger partial charge in [0.1, 0.15) is 11.6 Å². The van der Waals surface area contributed by atoms with E-state index >= 15 is 0 Å². The van der Waals surface area contributed by atoms with E-state index in [1.807, 2.05) is 24.9 Å². The number of aromatic nitrogens is 2. The quantitative estimate of drug-likeness (QED) is 0.862. The molecule has 0 aliphatic carbocycles. The molecule has 1 N–H and O–H groups in total. The third-order valence-corrected chi connectivity index (χ3v) is 3.40. The molecule has 0 spiro atoms. The number of rotatable bonds is 2. The van der Waals surface area contributed by atoms with Gasteiger partial charge >= 0.3 is 0 Å². The van der Waals surface area contributed by atoms with Crippen molar-refractivity contribution in [1.29, 1.82) is 0 Å². The van der Waals surface area contributed by atoms with Gasteiger partial charge in [-0.1, -0.05) is 0 Å². The lowest BCUT2D eigenvalue weighted by Gasteiger charge is -2.31. The van der Waals surface area contributed by atoms with Crippen LogP contribution in [0.25, 0.3) is 0 Å². The summed E-state index contributed by atoms with van der Waals surface area (Å²) in [7, 11) is 1.86. The summed E-state index contributed by atoms with van der Waals surface area (Å²) < 4.78 is 0. The van der Waals surface area contributed by atoms with Crippen molar-refractivity contribution < 1.29 is 4.79 Å². The van der Waals surface area contributed by atoms with Crippen LogP contribution in [0.4, 0.5) is 5.82 Å². The average molecular weight is 248 g/mol. The monoisotopic (exact) mass is 248 g/mol. The molecule has 1 aromatic heterocycles. The lowest BCUT2D eigenvalue weighted by Crippen LogP contribution is -2.37. The average Bonchev–Trinajstić information content (AvgIpc) is 2.38. The molecule has 0 bridgehead atoms. The van der Waals surface area contributed by atoms with Crippen LogP contribution in [-0.2, 0) is 4.79 Å². The molecule has 2 heterocycles. The van der Waals surface area contributed by atoms with Crippen molar-refractivity contribution in [2.75, 3.05) is 25.5 Å². The molecule has 2 rings (SSSR count). The Balaban J connectivity index is 2.20. The lowest BCUT2D eigenvalue weighted by molar-refractivity contribution is -0.130. The molecule has 98 valence electrons. The Kier molecular flexibility index (Phi) is 3.79. The molecule has 1 saturated heterocycles. The van der Waals surface area contributed by atoms with Crippen molar-refractivity contribution in [2.24, 2.45) is 0 Å². The summed E-state index contributed by atoms with van der Waals surface area (Å²) in [6, 6.07) is 1.99. The van der Waals surface area contributed by atoms with Crippen LogP contribution in [0.2, 0.25) is 0 Å². The van der Waals surface area contributed by atoms with Gasteiger partial charge < -0.3 is 10.2 Å². The minimum absolute atomic E-state index is 0.152. The first-order chi connectivity index (χ1) is 8.60. The number of hydrogen-bond acceptors (Lipinski definition) is 4. The van der Waals surface area contributed by atoms with Crippen molar-refractivity contribution >= 4 is 11.7 Å². The van der Waals surface area contributed by atoms with E-state index in [1.165, 1.54) is 0 Å². The predicted octanol–water partition coefficient (Wildman–Crippen LogP) is 1.55. The predicted molar refractivity (Wildman–Crippen MR) is 70.5 cm³/mol. The number of nitrogens with zero attached hydrogens (tertiary/aromatic N) is 3. The Hall–Kier alpha value is -1.65. The van der Waals surface area contributed by atoms with E-state index in [-0.39, 0.29) is 5.91 Å². The van der Waals surface area contributed by atoms with Gasteiger partial charge in [0, 0.05) is 39.0 Å². The van der Waals surface area contributed by atoms with Crippen LogP contribution in [0.15, 0.2) is 6.07 Å². The summed E-state index contributed by atoms with van der Waals surface area (Å²) in [5, 5.41) is 3.05. The molecule has 1 amide bonds. The van der Waals surface area contributed by atoms with Gasteiger partial charge in [-0.05, 0) is 19.8 Å². The number of amides is 1. The van der Waals surface area contributed by atoms with Crippen LogP contribution >= 0.6 is 0 Å².